The van der Waals surface area contributed by atoms with Gasteiger partial charge in [-0.3, -0.25) is 4.21 Å². The topological polar surface area (TPSA) is 54.5 Å². The highest BCUT2D eigenvalue weighted by Gasteiger charge is 2.39. The Kier molecular flexibility index (Phi) is 3.70. The van der Waals surface area contributed by atoms with E-state index in [9.17, 15) is 12.6 Å². The molecule has 0 aromatic carbocycles. The molecule has 18 heavy (non-hydrogen) atoms. The Hall–Kier alpha value is -0.240. The van der Waals surface area contributed by atoms with E-state index in [-0.39, 0.29) is 0 Å². The SMILES string of the molecule is Cc1ccc(S(=O)(=O)N2CCS(=O)C(C)(C)C2)s1. The molecule has 0 spiro atoms. The van der Waals surface area contributed by atoms with Gasteiger partial charge < -0.3 is 0 Å². The lowest BCUT2D eigenvalue weighted by Gasteiger charge is -2.36. The van der Waals surface area contributed by atoms with E-state index in [0.717, 1.165) is 4.88 Å². The Morgan fingerprint density at radius 3 is 2.56 bits per heavy atom. The van der Waals surface area contributed by atoms with Crippen LogP contribution in [0, 0.1) is 6.92 Å². The molecule has 1 fully saturated rings. The van der Waals surface area contributed by atoms with E-state index < -0.39 is 25.6 Å². The van der Waals surface area contributed by atoms with Gasteiger partial charge in [0.1, 0.15) is 4.21 Å². The lowest BCUT2D eigenvalue weighted by Crippen LogP contribution is -2.51. The van der Waals surface area contributed by atoms with Crippen LogP contribution in [-0.4, -0.2) is 40.5 Å². The minimum absolute atomic E-state index is 0.318. The van der Waals surface area contributed by atoms with E-state index in [1.165, 1.54) is 15.6 Å². The molecule has 1 aliphatic heterocycles. The van der Waals surface area contributed by atoms with Gasteiger partial charge in [0.2, 0.25) is 0 Å². The first-order valence-corrected chi connectivity index (χ1v) is 9.26. The van der Waals surface area contributed by atoms with Crippen LogP contribution in [-0.2, 0) is 20.8 Å². The summed E-state index contributed by atoms with van der Waals surface area (Å²) in [5, 5.41) is 0. The van der Waals surface area contributed by atoms with Gasteiger partial charge in [0.25, 0.3) is 10.0 Å². The van der Waals surface area contributed by atoms with Crippen molar-refractivity contribution in [3.8, 4) is 0 Å². The fourth-order valence-electron chi connectivity index (χ4n) is 1.92. The molecule has 1 unspecified atom stereocenters. The van der Waals surface area contributed by atoms with Crippen molar-refractivity contribution in [3.05, 3.63) is 17.0 Å². The molecule has 102 valence electrons. The van der Waals surface area contributed by atoms with Gasteiger partial charge in [-0.05, 0) is 32.9 Å². The zero-order valence-corrected chi connectivity index (χ0v) is 13.1. The summed E-state index contributed by atoms with van der Waals surface area (Å²) in [6, 6.07) is 3.46. The summed E-state index contributed by atoms with van der Waals surface area (Å²) < 4.78 is 38.0. The van der Waals surface area contributed by atoms with Gasteiger partial charge in [0, 0.05) is 34.5 Å². The molecule has 0 bridgehead atoms. The predicted molar refractivity (Wildman–Crippen MR) is 74.9 cm³/mol. The molecule has 0 amide bonds. The zero-order valence-electron chi connectivity index (χ0n) is 10.7. The van der Waals surface area contributed by atoms with Gasteiger partial charge in [-0.2, -0.15) is 4.31 Å². The largest absolute Gasteiger partial charge is 0.259 e. The summed E-state index contributed by atoms with van der Waals surface area (Å²) in [4.78, 5) is 0.980. The maximum Gasteiger partial charge on any atom is 0.252 e. The fraction of sp³-hybridized carbons (Fsp3) is 0.636. The van der Waals surface area contributed by atoms with Gasteiger partial charge in [-0.25, -0.2) is 8.42 Å². The number of aryl methyl sites for hydroxylation is 1. The summed E-state index contributed by atoms with van der Waals surface area (Å²) in [5.41, 5.74) is 0. The molecule has 1 saturated heterocycles. The number of thiophene rings is 1. The third-order valence-electron chi connectivity index (χ3n) is 3.01. The smallest absolute Gasteiger partial charge is 0.252 e. The monoisotopic (exact) mass is 307 g/mol. The molecular formula is C11H17NO3S3. The molecule has 1 aromatic heterocycles. The Labute approximate surface area is 115 Å². The van der Waals surface area contributed by atoms with Crippen molar-refractivity contribution in [1.82, 2.24) is 4.31 Å². The van der Waals surface area contributed by atoms with Gasteiger partial charge in [0.15, 0.2) is 0 Å². The molecule has 2 rings (SSSR count). The molecule has 0 saturated carbocycles. The van der Waals surface area contributed by atoms with E-state index in [2.05, 4.69) is 0 Å². The number of rotatable bonds is 2. The average molecular weight is 307 g/mol. The van der Waals surface area contributed by atoms with Gasteiger partial charge >= 0.3 is 0 Å². The first-order valence-electron chi connectivity index (χ1n) is 5.68. The van der Waals surface area contributed by atoms with Crippen molar-refractivity contribution in [2.75, 3.05) is 18.8 Å². The van der Waals surface area contributed by atoms with Crippen LogP contribution in [0.5, 0.6) is 0 Å². The van der Waals surface area contributed by atoms with Crippen LogP contribution in [0.3, 0.4) is 0 Å². The molecule has 4 nitrogen and oxygen atoms in total. The predicted octanol–water partition coefficient (Wildman–Crippen LogP) is 1.59. The maximum atomic E-state index is 12.4. The van der Waals surface area contributed by atoms with Gasteiger partial charge in [-0.1, -0.05) is 0 Å². The fourth-order valence-corrected chi connectivity index (χ4v) is 6.40. The standard InChI is InChI=1S/C11H17NO3S3/c1-9-4-5-10(16-9)18(14,15)12-6-7-17(13)11(2,3)8-12/h4-5H,6-8H2,1-3H3. The van der Waals surface area contributed by atoms with Crippen molar-refractivity contribution >= 4 is 32.2 Å². The maximum absolute atomic E-state index is 12.4. The second-order valence-corrected chi connectivity index (χ2v) is 10.7. The Morgan fingerprint density at radius 1 is 1.39 bits per heavy atom. The number of hydrogen-bond acceptors (Lipinski definition) is 4. The first-order chi connectivity index (χ1) is 8.23. The molecule has 0 radical (unpaired) electrons. The van der Waals surface area contributed by atoms with E-state index in [0.29, 0.717) is 23.1 Å². The number of hydrogen-bond donors (Lipinski definition) is 0. The van der Waals surface area contributed by atoms with E-state index >= 15 is 0 Å². The Balaban J connectivity index is 2.30. The van der Waals surface area contributed by atoms with Crippen LogP contribution in [0.15, 0.2) is 16.3 Å². The normalized spacial score (nSPS) is 25.2. The third-order valence-corrected chi connectivity index (χ3v) is 8.24. The minimum atomic E-state index is -3.42. The number of sulfonamides is 1. The molecule has 1 aromatic rings. The van der Waals surface area contributed by atoms with Crippen LogP contribution >= 0.6 is 11.3 Å². The van der Waals surface area contributed by atoms with Crippen LogP contribution in [0.2, 0.25) is 0 Å². The highest BCUT2D eigenvalue weighted by molar-refractivity contribution is 7.91. The van der Waals surface area contributed by atoms with Crippen molar-refractivity contribution < 1.29 is 12.6 Å². The van der Waals surface area contributed by atoms with Crippen molar-refractivity contribution in [2.45, 2.75) is 29.7 Å². The zero-order chi connectivity index (χ0) is 13.6. The molecule has 0 N–H and O–H groups in total. The molecule has 1 aliphatic rings. The summed E-state index contributed by atoms with van der Waals surface area (Å²) >= 11 is 1.28. The van der Waals surface area contributed by atoms with Crippen LogP contribution in [0.1, 0.15) is 18.7 Å². The van der Waals surface area contributed by atoms with E-state index in [1.807, 2.05) is 26.8 Å². The van der Waals surface area contributed by atoms with Gasteiger partial charge in [-0.15, -0.1) is 11.3 Å². The van der Waals surface area contributed by atoms with Crippen LogP contribution in [0.25, 0.3) is 0 Å². The summed E-state index contributed by atoms with van der Waals surface area (Å²) in [5.74, 6) is 0.413. The highest BCUT2D eigenvalue weighted by atomic mass is 32.2. The Bertz CT molecular complexity index is 574. The molecular weight excluding hydrogens is 290 g/mol. The summed E-state index contributed by atoms with van der Waals surface area (Å²) in [6.45, 7) is 6.25. The first kappa shape index (κ1) is 14.2. The van der Waals surface area contributed by atoms with Crippen LogP contribution < -0.4 is 0 Å². The lowest BCUT2D eigenvalue weighted by atomic mass is 10.2. The highest BCUT2D eigenvalue weighted by Crippen LogP contribution is 2.29. The summed E-state index contributed by atoms with van der Waals surface area (Å²) in [6.07, 6.45) is 0. The molecule has 7 heteroatoms. The summed E-state index contributed by atoms with van der Waals surface area (Å²) in [7, 11) is -4.38. The second kappa shape index (κ2) is 4.70. The van der Waals surface area contributed by atoms with Crippen molar-refractivity contribution in [1.29, 1.82) is 0 Å². The lowest BCUT2D eigenvalue weighted by molar-refractivity contribution is 0.379. The molecule has 1 atom stereocenters. The minimum Gasteiger partial charge on any atom is -0.259 e. The molecule has 2 heterocycles. The number of nitrogens with zero attached hydrogens (tertiary/aromatic N) is 1. The molecule has 0 aliphatic carbocycles. The van der Waals surface area contributed by atoms with Crippen LogP contribution in [0.4, 0.5) is 0 Å². The average Bonchev–Trinajstić information content (AvgIpc) is 2.69. The van der Waals surface area contributed by atoms with Gasteiger partial charge in [0.05, 0.1) is 4.75 Å². The van der Waals surface area contributed by atoms with Crippen molar-refractivity contribution in [2.24, 2.45) is 0 Å². The second-order valence-electron chi connectivity index (χ2n) is 5.01. The van der Waals surface area contributed by atoms with Crippen molar-refractivity contribution in [3.63, 3.8) is 0 Å². The van der Waals surface area contributed by atoms with E-state index in [4.69, 9.17) is 0 Å². The quantitative estimate of drug-likeness (QED) is 0.834. The Morgan fingerprint density at radius 2 is 2.06 bits per heavy atom. The van der Waals surface area contributed by atoms with E-state index in [1.54, 1.807) is 6.07 Å². The third kappa shape index (κ3) is 2.54.